The van der Waals surface area contributed by atoms with Crippen LogP contribution in [0.3, 0.4) is 0 Å². The number of aryl methyl sites for hydroxylation is 2. The molecule has 4 nitrogen and oxygen atoms in total. The van der Waals surface area contributed by atoms with Gasteiger partial charge in [-0.25, -0.2) is 0 Å². The maximum atomic E-state index is 12.3. The lowest BCUT2D eigenvalue weighted by Crippen LogP contribution is -2.32. The summed E-state index contributed by atoms with van der Waals surface area (Å²) in [5, 5.41) is 10.2. The molecule has 5 heteroatoms. The van der Waals surface area contributed by atoms with Crippen molar-refractivity contribution in [3.63, 3.8) is 0 Å². The summed E-state index contributed by atoms with van der Waals surface area (Å²) in [6.45, 7) is 3.26. The number of pyridine rings is 1. The van der Waals surface area contributed by atoms with Crippen LogP contribution in [0.15, 0.2) is 47.4 Å². The lowest BCUT2D eigenvalue weighted by molar-refractivity contribution is 0.288. The molecule has 0 spiro atoms. The monoisotopic (exact) mass is 330 g/mol. The van der Waals surface area contributed by atoms with E-state index in [1.54, 1.807) is 10.8 Å². The van der Waals surface area contributed by atoms with Crippen molar-refractivity contribution in [2.24, 2.45) is 0 Å². The van der Waals surface area contributed by atoms with Gasteiger partial charge in [0, 0.05) is 49.4 Å². The molecular formula is C18H22N2O2S. The first-order valence-electron chi connectivity index (χ1n) is 7.99. The van der Waals surface area contributed by atoms with Crippen LogP contribution < -0.4 is 5.56 Å². The Balaban J connectivity index is 1.68. The maximum absolute atomic E-state index is 12.3. The van der Waals surface area contributed by atoms with Crippen molar-refractivity contribution in [1.29, 1.82) is 0 Å². The summed E-state index contributed by atoms with van der Waals surface area (Å²) in [6.07, 6.45) is 2.59. The molecular weight excluding hydrogens is 308 g/mol. The molecule has 0 unspecified atom stereocenters. The molecule has 1 aliphatic rings. The van der Waals surface area contributed by atoms with Crippen LogP contribution in [0.4, 0.5) is 0 Å². The van der Waals surface area contributed by atoms with Gasteiger partial charge >= 0.3 is 0 Å². The molecule has 1 N–H and O–H groups in total. The maximum Gasteiger partial charge on any atom is 0.292 e. The highest BCUT2D eigenvalue weighted by Gasteiger charge is 2.15. The zero-order chi connectivity index (χ0) is 16.1. The predicted octanol–water partition coefficient (Wildman–Crippen LogP) is 2.35. The molecule has 0 atom stereocenters. The van der Waals surface area contributed by atoms with Gasteiger partial charge in [-0.2, -0.15) is 11.8 Å². The summed E-state index contributed by atoms with van der Waals surface area (Å²) >= 11 is 1.95. The van der Waals surface area contributed by atoms with E-state index >= 15 is 0 Å². The average molecular weight is 330 g/mol. The molecule has 1 aliphatic heterocycles. The Morgan fingerprint density at radius 2 is 1.83 bits per heavy atom. The van der Waals surface area contributed by atoms with Gasteiger partial charge in [-0.3, -0.25) is 9.69 Å². The van der Waals surface area contributed by atoms with Crippen molar-refractivity contribution in [2.75, 3.05) is 24.6 Å². The van der Waals surface area contributed by atoms with Gasteiger partial charge in [0.05, 0.1) is 0 Å². The lowest BCUT2D eigenvalue weighted by atomic mass is 10.1. The fraction of sp³-hybridized carbons (Fsp3) is 0.389. The summed E-state index contributed by atoms with van der Waals surface area (Å²) in [6, 6.07) is 11.9. The Hall–Kier alpha value is -1.72. The number of thioether (sulfide) groups is 1. The minimum atomic E-state index is -0.287. The number of aromatic hydroxyl groups is 1. The molecule has 122 valence electrons. The first-order chi connectivity index (χ1) is 11.2. The van der Waals surface area contributed by atoms with Crippen LogP contribution >= 0.6 is 11.8 Å². The topological polar surface area (TPSA) is 45.5 Å². The molecule has 0 saturated carbocycles. The van der Waals surface area contributed by atoms with E-state index in [-0.39, 0.29) is 11.3 Å². The number of aromatic nitrogens is 1. The molecule has 1 aromatic carbocycles. The van der Waals surface area contributed by atoms with Crippen LogP contribution in [0, 0.1) is 0 Å². The predicted molar refractivity (Wildman–Crippen MR) is 95.1 cm³/mol. The van der Waals surface area contributed by atoms with Crippen molar-refractivity contribution in [3.8, 4) is 5.75 Å². The number of hydrogen-bond donors (Lipinski definition) is 1. The Morgan fingerprint density at radius 3 is 2.57 bits per heavy atom. The van der Waals surface area contributed by atoms with Crippen molar-refractivity contribution < 1.29 is 5.11 Å². The van der Waals surface area contributed by atoms with E-state index in [0.717, 1.165) is 36.6 Å². The molecule has 1 aromatic heterocycles. The zero-order valence-electron chi connectivity index (χ0n) is 13.1. The van der Waals surface area contributed by atoms with Gasteiger partial charge in [-0.05, 0) is 18.1 Å². The molecule has 0 radical (unpaired) electrons. The van der Waals surface area contributed by atoms with Crippen LogP contribution in [-0.2, 0) is 19.5 Å². The molecule has 0 bridgehead atoms. The van der Waals surface area contributed by atoms with Gasteiger partial charge in [0.25, 0.3) is 5.56 Å². The van der Waals surface area contributed by atoms with E-state index in [9.17, 15) is 9.90 Å². The largest absolute Gasteiger partial charge is 0.503 e. The SMILES string of the molecule is O=c1c(O)c(CN2CCSCC2)ccn1CCc1ccccc1. The highest BCUT2D eigenvalue weighted by molar-refractivity contribution is 7.99. The summed E-state index contributed by atoms with van der Waals surface area (Å²) in [5.74, 6) is 2.14. The first-order valence-corrected chi connectivity index (χ1v) is 9.15. The van der Waals surface area contributed by atoms with Crippen LogP contribution in [0.5, 0.6) is 5.75 Å². The summed E-state index contributed by atoms with van der Waals surface area (Å²) < 4.78 is 1.60. The van der Waals surface area contributed by atoms with Gasteiger partial charge in [0.1, 0.15) is 0 Å². The number of hydrogen-bond acceptors (Lipinski definition) is 4. The number of rotatable bonds is 5. The Morgan fingerprint density at radius 1 is 1.09 bits per heavy atom. The van der Waals surface area contributed by atoms with Crippen molar-refractivity contribution in [3.05, 3.63) is 64.1 Å². The average Bonchev–Trinajstić information content (AvgIpc) is 2.60. The second-order valence-electron chi connectivity index (χ2n) is 5.81. The molecule has 2 aromatic rings. The van der Waals surface area contributed by atoms with E-state index in [1.807, 2.05) is 48.2 Å². The fourth-order valence-corrected chi connectivity index (χ4v) is 3.78. The van der Waals surface area contributed by atoms with Crippen molar-refractivity contribution in [1.82, 2.24) is 9.47 Å². The minimum absolute atomic E-state index is 0.0983. The molecule has 1 saturated heterocycles. The van der Waals surface area contributed by atoms with E-state index in [1.165, 1.54) is 5.56 Å². The number of nitrogens with zero attached hydrogens (tertiary/aromatic N) is 2. The fourth-order valence-electron chi connectivity index (χ4n) is 2.80. The van der Waals surface area contributed by atoms with Crippen molar-refractivity contribution >= 4 is 11.8 Å². The molecule has 23 heavy (non-hydrogen) atoms. The standard InChI is InChI=1S/C18H22N2O2S/c21-17-16(14-19-10-12-23-13-11-19)7-9-20(18(17)22)8-6-15-4-2-1-3-5-15/h1-5,7,9,21H,6,8,10-14H2. The summed E-state index contributed by atoms with van der Waals surface area (Å²) in [5.41, 5.74) is 1.64. The van der Waals surface area contributed by atoms with E-state index in [0.29, 0.717) is 13.1 Å². The van der Waals surface area contributed by atoms with Crippen LogP contribution in [-0.4, -0.2) is 39.2 Å². The number of benzene rings is 1. The summed E-state index contributed by atoms with van der Waals surface area (Å²) in [7, 11) is 0. The van der Waals surface area contributed by atoms with Crippen molar-refractivity contribution in [2.45, 2.75) is 19.5 Å². The first kappa shape index (κ1) is 16.1. The van der Waals surface area contributed by atoms with Gasteiger partial charge < -0.3 is 9.67 Å². The van der Waals surface area contributed by atoms with Gasteiger partial charge in [0.15, 0.2) is 5.75 Å². The second kappa shape index (κ2) is 7.70. The Bertz CT molecular complexity index is 694. The van der Waals surface area contributed by atoms with Gasteiger partial charge in [-0.1, -0.05) is 30.3 Å². The van der Waals surface area contributed by atoms with Crippen LogP contribution in [0.1, 0.15) is 11.1 Å². The Labute approximate surface area is 140 Å². The van der Waals surface area contributed by atoms with Gasteiger partial charge in [-0.15, -0.1) is 0 Å². The quantitative estimate of drug-likeness (QED) is 0.914. The normalized spacial score (nSPS) is 15.7. The third-order valence-corrected chi connectivity index (χ3v) is 5.15. The lowest BCUT2D eigenvalue weighted by Gasteiger charge is -2.26. The Kier molecular flexibility index (Phi) is 5.41. The van der Waals surface area contributed by atoms with Crippen LogP contribution in [0.25, 0.3) is 0 Å². The highest BCUT2D eigenvalue weighted by atomic mass is 32.2. The third kappa shape index (κ3) is 4.18. The summed E-state index contributed by atoms with van der Waals surface area (Å²) in [4.78, 5) is 14.6. The molecule has 0 amide bonds. The van der Waals surface area contributed by atoms with Crippen LogP contribution in [0.2, 0.25) is 0 Å². The smallest absolute Gasteiger partial charge is 0.292 e. The second-order valence-corrected chi connectivity index (χ2v) is 7.04. The molecule has 1 fully saturated rings. The zero-order valence-corrected chi connectivity index (χ0v) is 14.0. The molecule has 0 aliphatic carbocycles. The van der Waals surface area contributed by atoms with E-state index < -0.39 is 0 Å². The highest BCUT2D eigenvalue weighted by Crippen LogP contribution is 2.17. The van der Waals surface area contributed by atoms with Gasteiger partial charge in [0.2, 0.25) is 0 Å². The molecule has 3 rings (SSSR count). The third-order valence-electron chi connectivity index (χ3n) is 4.21. The van der Waals surface area contributed by atoms with E-state index in [2.05, 4.69) is 4.90 Å². The molecule has 2 heterocycles. The minimum Gasteiger partial charge on any atom is -0.503 e. The van der Waals surface area contributed by atoms with E-state index in [4.69, 9.17) is 0 Å².